The summed E-state index contributed by atoms with van der Waals surface area (Å²) in [6.45, 7) is 1.90. The number of aromatic nitrogens is 2. The Morgan fingerprint density at radius 3 is 2.60 bits per heavy atom. The number of imide groups is 1. The highest BCUT2D eigenvalue weighted by Crippen LogP contribution is 2.29. The molecule has 1 atom stereocenters. The van der Waals surface area contributed by atoms with Gasteiger partial charge in [-0.25, -0.2) is 0 Å². The molecule has 1 aliphatic heterocycles. The molecule has 1 N–H and O–H groups in total. The van der Waals surface area contributed by atoms with Gasteiger partial charge in [0, 0.05) is 19.2 Å². The molecule has 1 aliphatic carbocycles. The molecule has 0 radical (unpaired) electrons. The van der Waals surface area contributed by atoms with Crippen LogP contribution >= 0.6 is 0 Å². The fourth-order valence-corrected chi connectivity index (χ4v) is 3.23. The number of nitrogens with zero attached hydrogens (tertiary/aromatic N) is 3. The van der Waals surface area contributed by atoms with Gasteiger partial charge in [0.2, 0.25) is 5.91 Å². The number of nitrogens with one attached hydrogen (secondary N) is 1. The van der Waals surface area contributed by atoms with Gasteiger partial charge in [0.15, 0.2) is 0 Å². The Balaban J connectivity index is 1.74. The zero-order chi connectivity index (χ0) is 14.3. The van der Waals surface area contributed by atoms with Crippen molar-refractivity contribution in [2.75, 3.05) is 5.32 Å². The minimum atomic E-state index is -0.446. The third-order valence-electron chi connectivity index (χ3n) is 4.20. The van der Waals surface area contributed by atoms with Gasteiger partial charge in [-0.3, -0.25) is 19.2 Å². The van der Waals surface area contributed by atoms with Gasteiger partial charge in [-0.1, -0.05) is 12.8 Å². The molecule has 20 heavy (non-hydrogen) atoms. The maximum atomic E-state index is 12.4. The maximum Gasteiger partial charge on any atom is 0.252 e. The molecule has 6 nitrogen and oxygen atoms in total. The van der Waals surface area contributed by atoms with E-state index >= 15 is 0 Å². The van der Waals surface area contributed by atoms with Crippen LogP contribution in [0.15, 0.2) is 6.07 Å². The summed E-state index contributed by atoms with van der Waals surface area (Å²) in [5.41, 5.74) is 0.888. The van der Waals surface area contributed by atoms with Crippen LogP contribution in [-0.2, 0) is 16.6 Å². The number of aryl methyl sites for hydroxylation is 2. The summed E-state index contributed by atoms with van der Waals surface area (Å²) in [5, 5.41) is 7.39. The topological polar surface area (TPSA) is 67.2 Å². The van der Waals surface area contributed by atoms with Crippen LogP contribution in [0.2, 0.25) is 0 Å². The van der Waals surface area contributed by atoms with Crippen molar-refractivity contribution in [3.63, 3.8) is 0 Å². The van der Waals surface area contributed by atoms with E-state index in [-0.39, 0.29) is 24.3 Å². The van der Waals surface area contributed by atoms with Gasteiger partial charge < -0.3 is 5.32 Å². The number of anilines is 1. The van der Waals surface area contributed by atoms with Crippen molar-refractivity contribution in [3.8, 4) is 0 Å². The Hall–Kier alpha value is -1.85. The molecule has 6 heteroatoms. The molecular formula is C14H20N4O2. The van der Waals surface area contributed by atoms with Crippen LogP contribution in [0.4, 0.5) is 5.82 Å². The first-order valence-electron chi connectivity index (χ1n) is 7.19. The van der Waals surface area contributed by atoms with Gasteiger partial charge in [-0.05, 0) is 19.8 Å². The summed E-state index contributed by atoms with van der Waals surface area (Å²) < 4.78 is 1.70. The van der Waals surface area contributed by atoms with Crippen molar-refractivity contribution < 1.29 is 9.59 Å². The van der Waals surface area contributed by atoms with Crippen LogP contribution in [0, 0.1) is 6.92 Å². The number of hydrogen-bond donors (Lipinski definition) is 1. The number of amides is 2. The molecule has 1 saturated heterocycles. The lowest BCUT2D eigenvalue weighted by molar-refractivity contribution is -0.141. The quantitative estimate of drug-likeness (QED) is 0.843. The number of rotatable bonds is 3. The van der Waals surface area contributed by atoms with E-state index in [2.05, 4.69) is 10.4 Å². The molecular weight excluding hydrogens is 256 g/mol. The van der Waals surface area contributed by atoms with Gasteiger partial charge in [-0.15, -0.1) is 0 Å². The fourth-order valence-electron chi connectivity index (χ4n) is 3.23. The Bertz CT molecular complexity index is 545. The lowest BCUT2D eigenvalue weighted by Gasteiger charge is -2.22. The molecule has 1 aromatic heterocycles. The summed E-state index contributed by atoms with van der Waals surface area (Å²) in [4.78, 5) is 26.0. The molecule has 0 spiro atoms. The third-order valence-corrected chi connectivity index (χ3v) is 4.20. The van der Waals surface area contributed by atoms with E-state index < -0.39 is 6.04 Å². The molecule has 1 saturated carbocycles. The summed E-state index contributed by atoms with van der Waals surface area (Å²) in [6, 6.07) is 1.56. The van der Waals surface area contributed by atoms with Crippen LogP contribution in [-0.4, -0.2) is 38.6 Å². The average molecular weight is 276 g/mol. The van der Waals surface area contributed by atoms with Crippen molar-refractivity contribution in [1.82, 2.24) is 14.7 Å². The molecule has 2 amide bonds. The van der Waals surface area contributed by atoms with E-state index in [1.165, 1.54) is 4.90 Å². The summed E-state index contributed by atoms with van der Waals surface area (Å²) in [6.07, 6.45) is 4.38. The minimum absolute atomic E-state index is 0.0432. The Labute approximate surface area is 118 Å². The van der Waals surface area contributed by atoms with E-state index in [0.717, 1.165) is 37.2 Å². The molecule has 2 heterocycles. The van der Waals surface area contributed by atoms with Crippen LogP contribution in [0.25, 0.3) is 0 Å². The van der Waals surface area contributed by atoms with Crippen LogP contribution in [0.1, 0.15) is 37.8 Å². The second-order valence-corrected chi connectivity index (χ2v) is 5.74. The first-order chi connectivity index (χ1) is 9.56. The van der Waals surface area contributed by atoms with Crippen molar-refractivity contribution >= 4 is 17.6 Å². The normalized spacial score (nSPS) is 23.9. The fraction of sp³-hybridized carbons (Fsp3) is 0.643. The van der Waals surface area contributed by atoms with Gasteiger partial charge in [-0.2, -0.15) is 5.10 Å². The van der Waals surface area contributed by atoms with E-state index in [1.54, 1.807) is 4.68 Å². The van der Waals surface area contributed by atoms with Gasteiger partial charge in [0.05, 0.1) is 12.1 Å². The molecule has 0 aromatic carbocycles. The van der Waals surface area contributed by atoms with Crippen LogP contribution in [0.5, 0.6) is 0 Å². The number of carbonyl (C=O) groups excluding carboxylic acids is 2. The van der Waals surface area contributed by atoms with E-state index in [9.17, 15) is 9.59 Å². The molecule has 3 rings (SSSR count). The van der Waals surface area contributed by atoms with Gasteiger partial charge in [0.1, 0.15) is 11.9 Å². The van der Waals surface area contributed by atoms with Gasteiger partial charge >= 0.3 is 0 Å². The lowest BCUT2D eigenvalue weighted by Crippen LogP contribution is -2.41. The van der Waals surface area contributed by atoms with Crippen LogP contribution in [0.3, 0.4) is 0 Å². The zero-order valence-corrected chi connectivity index (χ0v) is 11.9. The highest BCUT2D eigenvalue weighted by molar-refractivity contribution is 6.07. The van der Waals surface area contributed by atoms with Crippen molar-refractivity contribution in [2.24, 2.45) is 7.05 Å². The predicted octanol–water partition coefficient (Wildman–Crippen LogP) is 1.21. The molecule has 0 bridgehead atoms. The van der Waals surface area contributed by atoms with Crippen molar-refractivity contribution in [2.45, 2.75) is 51.1 Å². The minimum Gasteiger partial charge on any atom is -0.358 e. The number of hydrogen-bond acceptors (Lipinski definition) is 4. The monoisotopic (exact) mass is 276 g/mol. The average Bonchev–Trinajstić information content (AvgIpc) is 3.04. The largest absolute Gasteiger partial charge is 0.358 e. The molecule has 108 valence electrons. The van der Waals surface area contributed by atoms with E-state index in [1.807, 2.05) is 20.0 Å². The molecule has 1 aromatic rings. The maximum absolute atomic E-state index is 12.4. The van der Waals surface area contributed by atoms with Crippen LogP contribution < -0.4 is 5.32 Å². The first kappa shape index (κ1) is 13.1. The second-order valence-electron chi connectivity index (χ2n) is 5.74. The van der Waals surface area contributed by atoms with E-state index in [4.69, 9.17) is 0 Å². The highest BCUT2D eigenvalue weighted by atomic mass is 16.2. The number of likely N-dealkylation sites (tertiary alicyclic amines) is 1. The lowest BCUT2D eigenvalue weighted by atomic mass is 10.2. The smallest absolute Gasteiger partial charge is 0.252 e. The SMILES string of the molecule is Cc1cc(NC2CC(=O)N(C3CCCC3)C2=O)n(C)n1. The zero-order valence-electron chi connectivity index (χ0n) is 11.9. The highest BCUT2D eigenvalue weighted by Gasteiger charge is 2.43. The predicted molar refractivity (Wildman–Crippen MR) is 74.1 cm³/mol. The van der Waals surface area contributed by atoms with Crippen molar-refractivity contribution in [3.05, 3.63) is 11.8 Å². The summed E-state index contributed by atoms with van der Waals surface area (Å²) >= 11 is 0. The summed E-state index contributed by atoms with van der Waals surface area (Å²) in [5.74, 6) is 0.654. The Morgan fingerprint density at radius 1 is 1.30 bits per heavy atom. The third kappa shape index (κ3) is 2.19. The molecule has 1 unspecified atom stereocenters. The molecule has 2 fully saturated rings. The summed E-state index contributed by atoms with van der Waals surface area (Å²) in [7, 11) is 1.82. The van der Waals surface area contributed by atoms with Crippen molar-refractivity contribution in [1.29, 1.82) is 0 Å². The second kappa shape index (κ2) is 4.92. The number of carbonyl (C=O) groups is 2. The standard InChI is InChI=1S/C14H20N4O2/c1-9-7-12(17(2)16-9)15-11-8-13(19)18(14(11)20)10-5-3-4-6-10/h7,10-11,15H,3-6,8H2,1-2H3. The first-order valence-corrected chi connectivity index (χ1v) is 7.19. The molecule has 2 aliphatic rings. The van der Waals surface area contributed by atoms with E-state index in [0.29, 0.717) is 0 Å². The Morgan fingerprint density at radius 2 is 2.00 bits per heavy atom. The van der Waals surface area contributed by atoms with Gasteiger partial charge in [0.25, 0.3) is 5.91 Å². The Kier molecular flexibility index (Phi) is 3.23.